The summed E-state index contributed by atoms with van der Waals surface area (Å²) in [4.78, 5) is 6.63. The second-order valence-electron chi connectivity index (χ2n) is 4.91. The molecule has 0 aliphatic carbocycles. The van der Waals surface area contributed by atoms with Gasteiger partial charge in [0.2, 0.25) is 0 Å². The van der Waals surface area contributed by atoms with E-state index in [-0.39, 0.29) is 6.04 Å². The van der Waals surface area contributed by atoms with Gasteiger partial charge < -0.3 is 10.5 Å². The van der Waals surface area contributed by atoms with Gasteiger partial charge in [0, 0.05) is 42.6 Å². The highest BCUT2D eigenvalue weighted by Crippen LogP contribution is 2.24. The summed E-state index contributed by atoms with van der Waals surface area (Å²) in [6.07, 6.45) is 6.39. The molecule has 1 aromatic rings. The quantitative estimate of drug-likeness (QED) is 0.871. The Labute approximate surface area is 123 Å². The zero-order valence-corrected chi connectivity index (χ0v) is 13.0. The number of hydrogen-bond acceptors (Lipinski definition) is 4. The Balaban J connectivity index is 2.08. The van der Waals surface area contributed by atoms with E-state index in [9.17, 15) is 0 Å². The molecule has 19 heavy (non-hydrogen) atoms. The van der Waals surface area contributed by atoms with E-state index in [4.69, 9.17) is 10.5 Å². The van der Waals surface area contributed by atoms with Crippen LogP contribution in [0.4, 0.5) is 0 Å². The summed E-state index contributed by atoms with van der Waals surface area (Å²) in [6.45, 7) is 5.58. The van der Waals surface area contributed by atoms with Crippen LogP contribution < -0.4 is 5.73 Å². The molecule has 0 bridgehead atoms. The zero-order chi connectivity index (χ0) is 13.7. The SMILES string of the molecule is CCN(CC1CCCO1)C(CN)c1cncc(Br)c1. The van der Waals surface area contributed by atoms with Crippen molar-refractivity contribution in [1.29, 1.82) is 0 Å². The number of pyridine rings is 1. The van der Waals surface area contributed by atoms with Gasteiger partial charge in [-0.3, -0.25) is 9.88 Å². The zero-order valence-electron chi connectivity index (χ0n) is 11.4. The van der Waals surface area contributed by atoms with Crippen LogP contribution in [0.3, 0.4) is 0 Å². The Kier molecular flexibility index (Phi) is 5.76. The average molecular weight is 328 g/mol. The van der Waals surface area contributed by atoms with Crippen molar-refractivity contribution < 1.29 is 4.74 Å². The van der Waals surface area contributed by atoms with E-state index >= 15 is 0 Å². The van der Waals surface area contributed by atoms with Crippen LogP contribution in [0.1, 0.15) is 31.4 Å². The predicted octanol–water partition coefficient (Wildman–Crippen LogP) is 2.34. The van der Waals surface area contributed by atoms with E-state index in [0.29, 0.717) is 12.6 Å². The minimum Gasteiger partial charge on any atom is -0.377 e. The second kappa shape index (κ2) is 7.33. The Bertz CT molecular complexity index is 396. The van der Waals surface area contributed by atoms with Gasteiger partial charge in [-0.05, 0) is 46.9 Å². The maximum absolute atomic E-state index is 5.98. The largest absolute Gasteiger partial charge is 0.377 e. The van der Waals surface area contributed by atoms with Crippen molar-refractivity contribution >= 4 is 15.9 Å². The molecule has 0 radical (unpaired) electrons. The fourth-order valence-corrected chi connectivity index (χ4v) is 3.02. The summed E-state index contributed by atoms with van der Waals surface area (Å²) in [6, 6.07) is 2.31. The van der Waals surface area contributed by atoms with Gasteiger partial charge in [-0.15, -0.1) is 0 Å². The number of ether oxygens (including phenoxy) is 1. The summed E-state index contributed by atoms with van der Waals surface area (Å²) in [7, 11) is 0. The lowest BCUT2D eigenvalue weighted by Crippen LogP contribution is -2.38. The standard InChI is InChI=1S/C14H22BrN3O/c1-2-18(10-13-4-3-5-19-13)14(7-16)11-6-12(15)9-17-8-11/h6,8-9,13-14H,2-5,7,10,16H2,1H3. The highest BCUT2D eigenvalue weighted by atomic mass is 79.9. The highest BCUT2D eigenvalue weighted by molar-refractivity contribution is 9.10. The van der Waals surface area contributed by atoms with Crippen molar-refractivity contribution in [2.24, 2.45) is 5.73 Å². The van der Waals surface area contributed by atoms with Crippen molar-refractivity contribution in [2.75, 3.05) is 26.2 Å². The van der Waals surface area contributed by atoms with E-state index in [1.165, 1.54) is 6.42 Å². The molecule has 1 aliphatic rings. The normalized spacial score (nSPS) is 20.9. The first-order valence-electron chi connectivity index (χ1n) is 6.90. The van der Waals surface area contributed by atoms with Gasteiger partial charge in [0.15, 0.2) is 0 Å². The molecule has 0 saturated carbocycles. The van der Waals surface area contributed by atoms with Crippen molar-refractivity contribution in [2.45, 2.75) is 31.9 Å². The maximum atomic E-state index is 5.98. The van der Waals surface area contributed by atoms with Crippen molar-refractivity contribution in [3.63, 3.8) is 0 Å². The highest BCUT2D eigenvalue weighted by Gasteiger charge is 2.24. The first-order chi connectivity index (χ1) is 9.24. The molecular weight excluding hydrogens is 306 g/mol. The smallest absolute Gasteiger partial charge is 0.0703 e. The van der Waals surface area contributed by atoms with E-state index in [1.54, 1.807) is 6.20 Å². The molecule has 4 nitrogen and oxygen atoms in total. The number of likely N-dealkylation sites (N-methyl/N-ethyl adjacent to an activating group) is 1. The van der Waals surface area contributed by atoms with Gasteiger partial charge in [-0.25, -0.2) is 0 Å². The Morgan fingerprint density at radius 2 is 2.42 bits per heavy atom. The van der Waals surface area contributed by atoms with Crippen LogP contribution in [0.5, 0.6) is 0 Å². The molecule has 0 amide bonds. The Morgan fingerprint density at radius 1 is 1.58 bits per heavy atom. The summed E-state index contributed by atoms with van der Waals surface area (Å²) in [5, 5.41) is 0. The lowest BCUT2D eigenvalue weighted by molar-refractivity contribution is 0.0601. The lowest BCUT2D eigenvalue weighted by Gasteiger charge is -2.31. The Morgan fingerprint density at radius 3 is 3.00 bits per heavy atom. The molecule has 106 valence electrons. The topological polar surface area (TPSA) is 51.4 Å². The van der Waals surface area contributed by atoms with Crippen LogP contribution in [0.25, 0.3) is 0 Å². The summed E-state index contributed by atoms with van der Waals surface area (Å²) in [5.74, 6) is 0. The van der Waals surface area contributed by atoms with Crippen LogP contribution >= 0.6 is 15.9 Å². The van der Waals surface area contributed by atoms with Crippen LogP contribution in [0.2, 0.25) is 0 Å². The fourth-order valence-electron chi connectivity index (χ4n) is 2.63. The van der Waals surface area contributed by atoms with E-state index in [0.717, 1.165) is 36.2 Å². The third-order valence-corrected chi connectivity index (χ3v) is 4.08. The molecule has 1 saturated heterocycles. The molecule has 1 aliphatic heterocycles. The van der Waals surface area contributed by atoms with E-state index < -0.39 is 0 Å². The average Bonchev–Trinajstić information content (AvgIpc) is 2.91. The first-order valence-corrected chi connectivity index (χ1v) is 7.70. The van der Waals surface area contributed by atoms with Gasteiger partial charge in [-0.2, -0.15) is 0 Å². The van der Waals surface area contributed by atoms with Gasteiger partial charge in [0.1, 0.15) is 0 Å². The van der Waals surface area contributed by atoms with Crippen molar-refractivity contribution in [1.82, 2.24) is 9.88 Å². The van der Waals surface area contributed by atoms with Gasteiger partial charge in [0.05, 0.1) is 6.10 Å². The van der Waals surface area contributed by atoms with E-state index in [1.807, 2.05) is 6.20 Å². The maximum Gasteiger partial charge on any atom is 0.0703 e. The summed E-state index contributed by atoms with van der Waals surface area (Å²) in [5.41, 5.74) is 7.14. The van der Waals surface area contributed by atoms with Gasteiger partial charge in [-0.1, -0.05) is 6.92 Å². The number of nitrogens with zero attached hydrogens (tertiary/aromatic N) is 2. The molecule has 2 rings (SSSR count). The number of aromatic nitrogens is 1. The fraction of sp³-hybridized carbons (Fsp3) is 0.643. The number of halogens is 1. The van der Waals surface area contributed by atoms with Gasteiger partial charge in [0.25, 0.3) is 0 Å². The lowest BCUT2D eigenvalue weighted by atomic mass is 10.1. The molecule has 2 unspecified atom stereocenters. The molecule has 0 spiro atoms. The number of rotatable bonds is 6. The van der Waals surface area contributed by atoms with Crippen molar-refractivity contribution in [3.05, 3.63) is 28.5 Å². The van der Waals surface area contributed by atoms with Crippen LogP contribution in [0, 0.1) is 0 Å². The van der Waals surface area contributed by atoms with Crippen molar-refractivity contribution in [3.8, 4) is 0 Å². The van der Waals surface area contributed by atoms with Crippen LogP contribution in [-0.2, 0) is 4.74 Å². The molecule has 2 N–H and O–H groups in total. The second-order valence-corrected chi connectivity index (χ2v) is 5.83. The molecule has 5 heteroatoms. The minimum atomic E-state index is 0.208. The molecule has 2 heterocycles. The summed E-state index contributed by atoms with van der Waals surface area (Å²) < 4.78 is 6.73. The molecular formula is C14H22BrN3O. The van der Waals surface area contributed by atoms with Gasteiger partial charge >= 0.3 is 0 Å². The number of hydrogen-bond donors (Lipinski definition) is 1. The van der Waals surface area contributed by atoms with E-state index in [2.05, 4.69) is 38.8 Å². The van der Waals surface area contributed by atoms with Crippen LogP contribution in [0.15, 0.2) is 22.9 Å². The predicted molar refractivity (Wildman–Crippen MR) is 80.0 cm³/mol. The third-order valence-electron chi connectivity index (χ3n) is 3.64. The number of nitrogens with two attached hydrogens (primary N) is 1. The molecule has 2 atom stereocenters. The third kappa shape index (κ3) is 3.99. The van der Waals surface area contributed by atoms with Crippen LogP contribution in [-0.4, -0.2) is 42.2 Å². The first kappa shape index (κ1) is 14.9. The molecule has 1 fully saturated rings. The molecule has 1 aromatic heterocycles. The Hall–Kier alpha value is -0.490. The molecule has 0 aromatic carbocycles. The minimum absolute atomic E-state index is 0.208. The monoisotopic (exact) mass is 327 g/mol. The summed E-state index contributed by atoms with van der Waals surface area (Å²) >= 11 is 3.47.